The predicted octanol–water partition coefficient (Wildman–Crippen LogP) is 3.08. The van der Waals surface area contributed by atoms with Gasteiger partial charge in [-0.25, -0.2) is 9.37 Å². The van der Waals surface area contributed by atoms with Crippen molar-refractivity contribution in [3.8, 4) is 11.5 Å². The van der Waals surface area contributed by atoms with E-state index in [1.165, 1.54) is 22.9 Å². The normalized spacial score (nSPS) is 11.2. The summed E-state index contributed by atoms with van der Waals surface area (Å²) in [5, 5.41) is 0. The van der Waals surface area contributed by atoms with E-state index < -0.39 is 0 Å². The van der Waals surface area contributed by atoms with Crippen LogP contribution < -0.4 is 5.73 Å². The minimum absolute atomic E-state index is 0.343. The summed E-state index contributed by atoms with van der Waals surface area (Å²) in [6.07, 6.45) is 2.82. The molecule has 0 bridgehead atoms. The smallest absolute Gasteiger partial charge is 0.156 e. The minimum atomic E-state index is -0.389. The third kappa shape index (κ3) is 1.52. The van der Waals surface area contributed by atoms with E-state index >= 15 is 0 Å². The first kappa shape index (κ1) is 10.3. The zero-order valence-electron chi connectivity index (χ0n) is 8.52. The van der Waals surface area contributed by atoms with Gasteiger partial charge in [0.2, 0.25) is 0 Å². The molecule has 0 atom stereocenters. The third-order valence-corrected chi connectivity index (χ3v) is 3.02. The van der Waals surface area contributed by atoms with E-state index in [4.69, 9.17) is 10.2 Å². The van der Waals surface area contributed by atoms with Gasteiger partial charge in [0.25, 0.3) is 0 Å². The largest absolute Gasteiger partial charge is 0.463 e. The Kier molecular flexibility index (Phi) is 2.19. The molecule has 0 amide bonds. The van der Waals surface area contributed by atoms with Crippen LogP contribution in [0.15, 0.2) is 39.5 Å². The molecule has 3 rings (SSSR count). The van der Waals surface area contributed by atoms with Gasteiger partial charge < -0.3 is 10.2 Å². The summed E-state index contributed by atoms with van der Waals surface area (Å²) in [5.74, 6) is 0.508. The highest BCUT2D eigenvalue weighted by Gasteiger charge is 2.15. The van der Waals surface area contributed by atoms with Crippen LogP contribution >= 0.6 is 15.9 Å². The number of fused-ring (bicyclic) bond motifs is 1. The van der Waals surface area contributed by atoms with Gasteiger partial charge in [0.05, 0.1) is 10.7 Å². The van der Waals surface area contributed by atoms with Crippen LogP contribution in [0.4, 0.5) is 10.2 Å². The number of anilines is 1. The fraction of sp³-hybridized carbons (Fsp3) is 0. The van der Waals surface area contributed by atoms with E-state index in [0.717, 1.165) is 0 Å². The number of imidazole rings is 1. The highest BCUT2D eigenvalue weighted by Crippen LogP contribution is 2.30. The molecule has 3 aromatic rings. The minimum Gasteiger partial charge on any atom is -0.463 e. The van der Waals surface area contributed by atoms with Crippen molar-refractivity contribution in [2.24, 2.45) is 0 Å². The van der Waals surface area contributed by atoms with E-state index in [-0.39, 0.29) is 5.82 Å². The molecule has 86 valence electrons. The van der Waals surface area contributed by atoms with Crippen molar-refractivity contribution >= 4 is 27.4 Å². The van der Waals surface area contributed by atoms with Gasteiger partial charge in [0.15, 0.2) is 11.4 Å². The standard InChI is InChI=1S/C11H7BrFN3O/c12-7-4-6(13)5-16-10(14)9(15-11(7)16)8-2-1-3-17-8/h1-5H,14H2. The van der Waals surface area contributed by atoms with Crippen LogP contribution in [0, 0.1) is 5.82 Å². The van der Waals surface area contributed by atoms with Crippen molar-refractivity contribution in [2.75, 3.05) is 5.73 Å². The van der Waals surface area contributed by atoms with E-state index in [0.29, 0.717) is 27.4 Å². The topological polar surface area (TPSA) is 56.5 Å². The maximum Gasteiger partial charge on any atom is 0.156 e. The number of nitrogens with two attached hydrogens (primary N) is 1. The maximum absolute atomic E-state index is 13.3. The van der Waals surface area contributed by atoms with E-state index in [1.54, 1.807) is 12.1 Å². The highest BCUT2D eigenvalue weighted by molar-refractivity contribution is 9.10. The Morgan fingerprint density at radius 3 is 3.00 bits per heavy atom. The summed E-state index contributed by atoms with van der Waals surface area (Å²) in [6.45, 7) is 0. The second-order valence-corrected chi connectivity index (χ2v) is 4.38. The quantitative estimate of drug-likeness (QED) is 0.750. The summed E-state index contributed by atoms with van der Waals surface area (Å²) >= 11 is 3.25. The van der Waals surface area contributed by atoms with Gasteiger partial charge in [-0.1, -0.05) is 0 Å². The molecule has 3 aromatic heterocycles. The molecule has 3 heterocycles. The number of nitrogens with zero attached hydrogens (tertiary/aromatic N) is 2. The van der Waals surface area contributed by atoms with Crippen LogP contribution in [0.3, 0.4) is 0 Å². The summed E-state index contributed by atoms with van der Waals surface area (Å²) in [7, 11) is 0. The molecule has 2 N–H and O–H groups in total. The molecule has 6 heteroatoms. The number of nitrogen functional groups attached to an aromatic ring is 1. The molecular formula is C11H7BrFN3O. The van der Waals surface area contributed by atoms with Gasteiger partial charge in [0, 0.05) is 6.20 Å². The molecule has 0 saturated carbocycles. The lowest BCUT2D eigenvalue weighted by atomic mass is 10.3. The first-order valence-corrected chi connectivity index (χ1v) is 5.62. The Morgan fingerprint density at radius 2 is 2.29 bits per heavy atom. The molecule has 0 aliphatic rings. The first-order valence-electron chi connectivity index (χ1n) is 4.83. The molecule has 0 unspecified atom stereocenters. The predicted molar refractivity (Wildman–Crippen MR) is 65.0 cm³/mol. The van der Waals surface area contributed by atoms with Crippen molar-refractivity contribution in [1.29, 1.82) is 0 Å². The van der Waals surface area contributed by atoms with Crippen LogP contribution in [0.25, 0.3) is 17.1 Å². The Bertz CT molecular complexity index is 690. The zero-order chi connectivity index (χ0) is 12.0. The number of aromatic nitrogens is 2. The van der Waals surface area contributed by atoms with Gasteiger partial charge in [-0.2, -0.15) is 0 Å². The summed E-state index contributed by atoms with van der Waals surface area (Å²) < 4.78 is 20.5. The van der Waals surface area contributed by atoms with Gasteiger partial charge in [-0.05, 0) is 34.1 Å². The SMILES string of the molecule is Nc1c(-c2ccco2)nc2c(Br)cc(F)cn12. The number of hydrogen-bond acceptors (Lipinski definition) is 3. The third-order valence-electron chi connectivity index (χ3n) is 2.43. The molecule has 0 radical (unpaired) electrons. The van der Waals surface area contributed by atoms with E-state index in [9.17, 15) is 4.39 Å². The van der Waals surface area contributed by atoms with Crippen molar-refractivity contribution in [3.05, 3.63) is 40.9 Å². The van der Waals surface area contributed by atoms with Crippen molar-refractivity contribution in [2.45, 2.75) is 0 Å². The first-order chi connectivity index (χ1) is 8.16. The van der Waals surface area contributed by atoms with Gasteiger partial charge in [0.1, 0.15) is 17.3 Å². The lowest BCUT2D eigenvalue weighted by Gasteiger charge is -1.98. The average Bonchev–Trinajstić information content (AvgIpc) is 2.87. The molecule has 0 aliphatic carbocycles. The molecule has 0 saturated heterocycles. The Hall–Kier alpha value is -1.82. The monoisotopic (exact) mass is 295 g/mol. The van der Waals surface area contributed by atoms with Crippen LogP contribution in [-0.2, 0) is 0 Å². The Morgan fingerprint density at radius 1 is 1.47 bits per heavy atom. The summed E-state index contributed by atoms with van der Waals surface area (Å²) in [4.78, 5) is 4.33. The van der Waals surface area contributed by atoms with E-state index in [2.05, 4.69) is 20.9 Å². The van der Waals surface area contributed by atoms with Gasteiger partial charge in [-0.3, -0.25) is 4.40 Å². The van der Waals surface area contributed by atoms with Crippen LogP contribution in [0.1, 0.15) is 0 Å². The number of furan rings is 1. The number of rotatable bonds is 1. The lowest BCUT2D eigenvalue weighted by molar-refractivity contribution is 0.581. The fourth-order valence-electron chi connectivity index (χ4n) is 1.69. The summed E-state index contributed by atoms with van der Waals surface area (Å²) in [5.41, 5.74) is 6.97. The fourth-order valence-corrected chi connectivity index (χ4v) is 2.18. The Balaban J connectivity index is 2.36. The van der Waals surface area contributed by atoms with Crippen LogP contribution in [0.5, 0.6) is 0 Å². The van der Waals surface area contributed by atoms with Crippen molar-refractivity contribution in [3.63, 3.8) is 0 Å². The number of halogens is 2. The lowest BCUT2D eigenvalue weighted by Crippen LogP contribution is -1.95. The molecule has 17 heavy (non-hydrogen) atoms. The van der Waals surface area contributed by atoms with Crippen LogP contribution in [0.2, 0.25) is 0 Å². The highest BCUT2D eigenvalue weighted by atomic mass is 79.9. The van der Waals surface area contributed by atoms with Gasteiger partial charge >= 0.3 is 0 Å². The van der Waals surface area contributed by atoms with Crippen molar-refractivity contribution < 1.29 is 8.81 Å². The zero-order valence-corrected chi connectivity index (χ0v) is 10.1. The number of hydrogen-bond donors (Lipinski definition) is 1. The van der Waals surface area contributed by atoms with Crippen LogP contribution in [-0.4, -0.2) is 9.38 Å². The second kappa shape index (κ2) is 3.59. The molecule has 4 nitrogen and oxygen atoms in total. The van der Waals surface area contributed by atoms with Crippen molar-refractivity contribution in [1.82, 2.24) is 9.38 Å². The maximum atomic E-state index is 13.3. The Labute approximate surface area is 104 Å². The number of pyridine rings is 1. The van der Waals surface area contributed by atoms with E-state index in [1.807, 2.05) is 0 Å². The molecule has 0 aromatic carbocycles. The summed E-state index contributed by atoms with van der Waals surface area (Å²) in [6, 6.07) is 4.84. The molecular weight excluding hydrogens is 289 g/mol. The average molecular weight is 296 g/mol. The molecule has 0 aliphatic heterocycles. The second-order valence-electron chi connectivity index (χ2n) is 3.52. The van der Waals surface area contributed by atoms with Gasteiger partial charge in [-0.15, -0.1) is 0 Å². The molecule has 0 spiro atoms. The molecule has 0 fully saturated rings.